The molecular weight excluding hydrogens is 306 g/mol. The van der Waals surface area contributed by atoms with Gasteiger partial charge in [-0.05, 0) is 18.4 Å². The first-order chi connectivity index (χ1) is 11.6. The molecule has 1 amide bonds. The second-order valence-electron chi connectivity index (χ2n) is 6.20. The number of carboxylic acids is 1. The molecule has 6 heteroatoms. The van der Waals surface area contributed by atoms with Gasteiger partial charge in [-0.3, -0.25) is 14.3 Å². The van der Waals surface area contributed by atoms with Crippen LogP contribution in [0.25, 0.3) is 0 Å². The minimum absolute atomic E-state index is 0.0114. The number of likely N-dealkylation sites (tertiary alicyclic amines) is 1. The van der Waals surface area contributed by atoms with Crippen molar-refractivity contribution < 1.29 is 14.7 Å². The number of hydrogen-bond acceptors (Lipinski definition) is 3. The van der Waals surface area contributed by atoms with Crippen LogP contribution in [0.1, 0.15) is 30.0 Å². The van der Waals surface area contributed by atoms with Crippen LogP contribution >= 0.6 is 0 Å². The summed E-state index contributed by atoms with van der Waals surface area (Å²) in [4.78, 5) is 25.9. The van der Waals surface area contributed by atoms with Crippen molar-refractivity contribution in [3.63, 3.8) is 0 Å². The van der Waals surface area contributed by atoms with Gasteiger partial charge in [0.05, 0.1) is 18.2 Å². The van der Waals surface area contributed by atoms with E-state index in [4.69, 9.17) is 0 Å². The molecule has 126 valence electrons. The van der Waals surface area contributed by atoms with Gasteiger partial charge in [-0.15, -0.1) is 0 Å². The zero-order valence-corrected chi connectivity index (χ0v) is 13.6. The standard InChI is InChI=1S/C18H21N3O3/c1-20-12-14(11-19-20)17-15(18(23)24)7-8-16(22)21(17)10-9-13-5-3-2-4-6-13/h2-6,11-12,15,17H,7-10H2,1H3,(H,23,24). The molecule has 1 N–H and O–H groups in total. The molecule has 24 heavy (non-hydrogen) atoms. The van der Waals surface area contributed by atoms with Crippen molar-refractivity contribution in [1.82, 2.24) is 14.7 Å². The number of aromatic nitrogens is 2. The SMILES string of the molecule is Cn1cc(C2C(C(=O)O)CCC(=O)N2CCc2ccccc2)cn1. The highest BCUT2D eigenvalue weighted by Crippen LogP contribution is 2.36. The number of aliphatic carboxylic acids is 1. The fraction of sp³-hybridized carbons (Fsp3) is 0.389. The summed E-state index contributed by atoms with van der Waals surface area (Å²) in [7, 11) is 1.79. The summed E-state index contributed by atoms with van der Waals surface area (Å²) in [5.74, 6) is -1.44. The van der Waals surface area contributed by atoms with Crippen LogP contribution in [0.4, 0.5) is 0 Å². The molecule has 0 saturated carbocycles. The fourth-order valence-corrected chi connectivity index (χ4v) is 3.37. The first-order valence-corrected chi connectivity index (χ1v) is 8.11. The molecule has 0 bridgehead atoms. The molecule has 2 unspecified atom stereocenters. The smallest absolute Gasteiger partial charge is 0.308 e. The van der Waals surface area contributed by atoms with E-state index >= 15 is 0 Å². The number of aryl methyl sites for hydroxylation is 1. The van der Waals surface area contributed by atoms with E-state index in [9.17, 15) is 14.7 Å². The predicted molar refractivity (Wildman–Crippen MR) is 88.2 cm³/mol. The maximum Gasteiger partial charge on any atom is 0.308 e. The highest BCUT2D eigenvalue weighted by molar-refractivity contribution is 5.81. The molecule has 2 heterocycles. The Morgan fingerprint density at radius 2 is 2.08 bits per heavy atom. The highest BCUT2D eigenvalue weighted by Gasteiger charge is 2.41. The molecule has 1 aliphatic heterocycles. The predicted octanol–water partition coefficient (Wildman–Crippen LogP) is 2.03. The Kier molecular flexibility index (Phi) is 4.64. The van der Waals surface area contributed by atoms with Crippen molar-refractivity contribution in [2.24, 2.45) is 13.0 Å². The molecule has 1 saturated heterocycles. The molecule has 0 radical (unpaired) electrons. The summed E-state index contributed by atoms with van der Waals surface area (Å²) in [6, 6.07) is 9.46. The summed E-state index contributed by atoms with van der Waals surface area (Å²) in [5.41, 5.74) is 1.92. The van der Waals surface area contributed by atoms with E-state index in [0.717, 1.165) is 11.1 Å². The van der Waals surface area contributed by atoms with Crippen LogP contribution in [-0.4, -0.2) is 38.2 Å². The number of carbonyl (C=O) groups is 2. The highest BCUT2D eigenvalue weighted by atomic mass is 16.4. The van der Waals surface area contributed by atoms with Crippen molar-refractivity contribution in [3.8, 4) is 0 Å². The van der Waals surface area contributed by atoms with Crippen LogP contribution in [0, 0.1) is 5.92 Å². The van der Waals surface area contributed by atoms with Gasteiger partial charge < -0.3 is 10.0 Å². The molecule has 1 fully saturated rings. The van der Waals surface area contributed by atoms with Gasteiger partial charge in [0.2, 0.25) is 5.91 Å². The summed E-state index contributed by atoms with van der Waals surface area (Å²) >= 11 is 0. The lowest BCUT2D eigenvalue weighted by Gasteiger charge is -2.39. The van der Waals surface area contributed by atoms with Gasteiger partial charge in [0, 0.05) is 31.8 Å². The van der Waals surface area contributed by atoms with Crippen LogP contribution in [0.2, 0.25) is 0 Å². The molecule has 3 rings (SSSR count). The first-order valence-electron chi connectivity index (χ1n) is 8.11. The lowest BCUT2D eigenvalue weighted by Crippen LogP contribution is -2.46. The Morgan fingerprint density at radius 1 is 1.33 bits per heavy atom. The zero-order chi connectivity index (χ0) is 17.1. The summed E-state index contributed by atoms with van der Waals surface area (Å²) < 4.78 is 1.64. The van der Waals surface area contributed by atoms with E-state index in [-0.39, 0.29) is 12.3 Å². The maximum absolute atomic E-state index is 12.5. The number of rotatable bonds is 5. The summed E-state index contributed by atoms with van der Waals surface area (Å²) in [6.45, 7) is 0.506. The Morgan fingerprint density at radius 3 is 2.71 bits per heavy atom. The van der Waals surface area contributed by atoms with Gasteiger partial charge in [0.15, 0.2) is 0 Å². The van der Waals surface area contributed by atoms with E-state index in [1.807, 2.05) is 30.3 Å². The first kappa shape index (κ1) is 16.2. The molecule has 1 aromatic heterocycles. The van der Waals surface area contributed by atoms with Gasteiger partial charge in [-0.2, -0.15) is 5.10 Å². The van der Waals surface area contributed by atoms with Crippen LogP contribution < -0.4 is 0 Å². The molecular formula is C18H21N3O3. The average molecular weight is 327 g/mol. The second kappa shape index (κ2) is 6.86. The number of nitrogens with zero attached hydrogens (tertiary/aromatic N) is 3. The third kappa shape index (κ3) is 3.32. The quantitative estimate of drug-likeness (QED) is 0.912. The monoisotopic (exact) mass is 327 g/mol. The second-order valence-corrected chi connectivity index (χ2v) is 6.20. The number of carboxylic acid groups (broad SMARTS) is 1. The molecule has 6 nitrogen and oxygen atoms in total. The lowest BCUT2D eigenvalue weighted by atomic mass is 9.85. The van der Waals surface area contributed by atoms with E-state index in [1.165, 1.54) is 0 Å². The van der Waals surface area contributed by atoms with Crippen molar-refractivity contribution in [2.75, 3.05) is 6.54 Å². The van der Waals surface area contributed by atoms with Gasteiger partial charge in [0.1, 0.15) is 0 Å². The van der Waals surface area contributed by atoms with Crippen molar-refractivity contribution >= 4 is 11.9 Å². The molecule has 1 aliphatic rings. The van der Waals surface area contributed by atoms with E-state index in [0.29, 0.717) is 19.4 Å². The van der Waals surface area contributed by atoms with Crippen molar-refractivity contribution in [1.29, 1.82) is 0 Å². The molecule has 2 atom stereocenters. The minimum Gasteiger partial charge on any atom is -0.481 e. The fourth-order valence-electron chi connectivity index (χ4n) is 3.37. The number of benzene rings is 1. The topological polar surface area (TPSA) is 75.4 Å². The zero-order valence-electron chi connectivity index (χ0n) is 13.6. The van der Waals surface area contributed by atoms with E-state index < -0.39 is 17.9 Å². The van der Waals surface area contributed by atoms with Gasteiger partial charge >= 0.3 is 5.97 Å². The lowest BCUT2D eigenvalue weighted by molar-refractivity contribution is -0.152. The Balaban J connectivity index is 1.86. The Bertz CT molecular complexity index is 726. The van der Waals surface area contributed by atoms with Crippen molar-refractivity contribution in [2.45, 2.75) is 25.3 Å². The number of amides is 1. The van der Waals surface area contributed by atoms with E-state index in [2.05, 4.69) is 5.10 Å². The van der Waals surface area contributed by atoms with Crippen molar-refractivity contribution in [3.05, 3.63) is 53.9 Å². The normalized spacial score (nSPS) is 21.0. The molecule has 0 spiro atoms. The number of hydrogen-bond donors (Lipinski definition) is 1. The van der Waals surface area contributed by atoms with Gasteiger partial charge in [-0.25, -0.2) is 0 Å². The third-order valence-electron chi connectivity index (χ3n) is 4.57. The van der Waals surface area contributed by atoms with Crippen LogP contribution in [-0.2, 0) is 23.1 Å². The van der Waals surface area contributed by atoms with Gasteiger partial charge in [0.25, 0.3) is 0 Å². The van der Waals surface area contributed by atoms with Crippen LogP contribution in [0.15, 0.2) is 42.7 Å². The van der Waals surface area contributed by atoms with Crippen LogP contribution in [0.3, 0.4) is 0 Å². The number of piperidine rings is 1. The Labute approximate surface area is 140 Å². The van der Waals surface area contributed by atoms with E-state index in [1.54, 1.807) is 29.0 Å². The Hall–Kier alpha value is -2.63. The molecule has 0 aliphatic carbocycles. The summed E-state index contributed by atoms with van der Waals surface area (Å²) in [6.07, 6.45) is 4.82. The minimum atomic E-state index is -0.860. The molecule has 2 aromatic rings. The average Bonchev–Trinajstić information content (AvgIpc) is 3.00. The third-order valence-corrected chi connectivity index (χ3v) is 4.57. The maximum atomic E-state index is 12.5. The number of carbonyl (C=O) groups excluding carboxylic acids is 1. The van der Waals surface area contributed by atoms with Gasteiger partial charge in [-0.1, -0.05) is 30.3 Å². The molecule has 1 aromatic carbocycles. The van der Waals surface area contributed by atoms with Crippen LogP contribution in [0.5, 0.6) is 0 Å². The largest absolute Gasteiger partial charge is 0.481 e. The summed E-state index contributed by atoms with van der Waals surface area (Å²) in [5, 5.41) is 13.8.